The number of aliphatic hydroxyl groups excluding tert-OH is 1. The zero-order chi connectivity index (χ0) is 6.85. The first kappa shape index (κ1) is 7.03. The van der Waals surface area contributed by atoms with Crippen molar-refractivity contribution < 1.29 is 5.11 Å². The highest BCUT2D eigenvalue weighted by Crippen LogP contribution is 2.17. The Hall–Kier alpha value is -0.0800. The molecule has 0 bridgehead atoms. The normalized spacial score (nSPS) is 33.0. The van der Waals surface area contributed by atoms with Gasteiger partial charge < -0.3 is 10.0 Å². The van der Waals surface area contributed by atoms with Crippen molar-refractivity contribution in [3.8, 4) is 0 Å². The maximum absolute atomic E-state index is 9.18. The van der Waals surface area contributed by atoms with Gasteiger partial charge in [-0.25, -0.2) is 0 Å². The molecule has 2 heteroatoms. The largest absolute Gasteiger partial charge is 0.392 e. The first-order chi connectivity index (χ1) is 4.22. The van der Waals surface area contributed by atoms with Crippen molar-refractivity contribution in [2.45, 2.75) is 31.9 Å². The number of likely N-dealkylation sites (tertiary alicyclic amines) is 1. The first-order valence-electron chi connectivity index (χ1n) is 3.60. The molecular weight excluding hydrogens is 114 g/mol. The molecule has 2 atom stereocenters. The average molecular weight is 129 g/mol. The number of rotatable bonds is 1. The monoisotopic (exact) mass is 129 g/mol. The van der Waals surface area contributed by atoms with Crippen LogP contribution in [0.4, 0.5) is 0 Å². The molecule has 1 aliphatic heterocycles. The molecular formula is C7H15NO. The van der Waals surface area contributed by atoms with Gasteiger partial charge in [-0.05, 0) is 33.4 Å². The van der Waals surface area contributed by atoms with E-state index in [1.54, 1.807) is 0 Å². The lowest BCUT2D eigenvalue weighted by Gasteiger charge is -2.21. The molecule has 2 nitrogen and oxygen atoms in total. The molecule has 0 saturated carbocycles. The summed E-state index contributed by atoms with van der Waals surface area (Å²) in [6, 6.07) is 0.421. The number of nitrogens with zero attached hydrogens (tertiary/aromatic N) is 1. The summed E-state index contributed by atoms with van der Waals surface area (Å²) in [5.74, 6) is 0. The van der Waals surface area contributed by atoms with Crippen LogP contribution in [0, 0.1) is 0 Å². The van der Waals surface area contributed by atoms with Crippen molar-refractivity contribution in [3.63, 3.8) is 0 Å². The fraction of sp³-hybridized carbons (Fsp3) is 1.00. The van der Waals surface area contributed by atoms with Crippen LogP contribution in [0.5, 0.6) is 0 Å². The molecule has 0 aliphatic carbocycles. The molecule has 1 N–H and O–H groups in total. The van der Waals surface area contributed by atoms with Crippen molar-refractivity contribution in [2.24, 2.45) is 0 Å². The van der Waals surface area contributed by atoms with E-state index in [4.69, 9.17) is 0 Å². The topological polar surface area (TPSA) is 23.5 Å². The van der Waals surface area contributed by atoms with Crippen molar-refractivity contribution in [3.05, 3.63) is 0 Å². The highest BCUT2D eigenvalue weighted by Gasteiger charge is 2.24. The minimum Gasteiger partial charge on any atom is -0.392 e. The molecule has 1 rings (SSSR count). The van der Waals surface area contributed by atoms with Gasteiger partial charge in [-0.3, -0.25) is 0 Å². The van der Waals surface area contributed by atoms with Gasteiger partial charge in [0, 0.05) is 6.04 Å². The van der Waals surface area contributed by atoms with Crippen LogP contribution in [0.25, 0.3) is 0 Å². The Labute approximate surface area is 56.5 Å². The molecule has 0 spiro atoms. The SMILES string of the molecule is CC(O)[C@H]1CCCN1C. The van der Waals surface area contributed by atoms with Gasteiger partial charge in [-0.1, -0.05) is 0 Å². The second-order valence-corrected chi connectivity index (χ2v) is 2.93. The maximum atomic E-state index is 9.18. The summed E-state index contributed by atoms with van der Waals surface area (Å²) >= 11 is 0. The van der Waals surface area contributed by atoms with Gasteiger partial charge >= 0.3 is 0 Å². The third-order valence-corrected chi connectivity index (χ3v) is 2.13. The molecule has 0 radical (unpaired) electrons. The quantitative estimate of drug-likeness (QED) is 0.556. The van der Waals surface area contributed by atoms with Crippen molar-refractivity contribution in [2.75, 3.05) is 13.6 Å². The van der Waals surface area contributed by atoms with E-state index < -0.39 is 0 Å². The maximum Gasteiger partial charge on any atom is 0.0667 e. The highest BCUT2D eigenvalue weighted by atomic mass is 16.3. The van der Waals surface area contributed by atoms with E-state index in [2.05, 4.69) is 11.9 Å². The van der Waals surface area contributed by atoms with Crippen LogP contribution in [-0.2, 0) is 0 Å². The summed E-state index contributed by atoms with van der Waals surface area (Å²) in [5, 5.41) is 9.18. The standard InChI is InChI=1S/C7H15NO/c1-6(9)7-4-3-5-8(7)2/h6-7,9H,3-5H2,1-2H3/t6?,7-/m1/s1. The molecule has 1 saturated heterocycles. The minimum atomic E-state index is -0.155. The fourth-order valence-electron chi connectivity index (χ4n) is 1.55. The summed E-state index contributed by atoms with van der Waals surface area (Å²) in [5.41, 5.74) is 0. The van der Waals surface area contributed by atoms with Gasteiger partial charge in [-0.15, -0.1) is 0 Å². The lowest BCUT2D eigenvalue weighted by Crippen LogP contribution is -2.34. The van der Waals surface area contributed by atoms with Crippen LogP contribution in [0.1, 0.15) is 19.8 Å². The fourth-order valence-corrected chi connectivity index (χ4v) is 1.55. The van der Waals surface area contributed by atoms with E-state index in [0.29, 0.717) is 6.04 Å². The molecule has 9 heavy (non-hydrogen) atoms. The number of aliphatic hydroxyl groups is 1. The van der Waals surface area contributed by atoms with E-state index in [0.717, 1.165) is 13.0 Å². The van der Waals surface area contributed by atoms with Gasteiger partial charge in [0.2, 0.25) is 0 Å². The van der Waals surface area contributed by atoms with E-state index in [1.165, 1.54) is 6.42 Å². The van der Waals surface area contributed by atoms with E-state index >= 15 is 0 Å². The number of likely N-dealkylation sites (N-methyl/N-ethyl adjacent to an activating group) is 1. The van der Waals surface area contributed by atoms with E-state index in [1.807, 2.05) is 6.92 Å². The lowest BCUT2D eigenvalue weighted by atomic mass is 10.1. The van der Waals surface area contributed by atoms with Crippen LogP contribution < -0.4 is 0 Å². The first-order valence-corrected chi connectivity index (χ1v) is 3.60. The molecule has 1 heterocycles. The summed E-state index contributed by atoms with van der Waals surface area (Å²) in [6.07, 6.45) is 2.25. The number of hydrogen-bond acceptors (Lipinski definition) is 2. The molecule has 0 amide bonds. The van der Waals surface area contributed by atoms with Crippen LogP contribution in [0.2, 0.25) is 0 Å². The Balaban J connectivity index is 2.40. The van der Waals surface area contributed by atoms with Gasteiger partial charge in [0.1, 0.15) is 0 Å². The van der Waals surface area contributed by atoms with E-state index in [9.17, 15) is 5.11 Å². The van der Waals surface area contributed by atoms with Gasteiger partial charge in [0.25, 0.3) is 0 Å². The predicted molar refractivity (Wildman–Crippen MR) is 37.3 cm³/mol. The Morgan fingerprint density at radius 1 is 1.67 bits per heavy atom. The highest BCUT2D eigenvalue weighted by molar-refractivity contribution is 4.79. The van der Waals surface area contributed by atoms with Gasteiger partial charge in [-0.2, -0.15) is 0 Å². The lowest BCUT2D eigenvalue weighted by molar-refractivity contribution is 0.101. The molecule has 1 aliphatic rings. The Morgan fingerprint density at radius 3 is 2.56 bits per heavy atom. The Morgan fingerprint density at radius 2 is 2.33 bits per heavy atom. The average Bonchev–Trinajstić information content (AvgIpc) is 2.13. The second-order valence-electron chi connectivity index (χ2n) is 2.93. The molecule has 0 aromatic heterocycles. The molecule has 1 fully saturated rings. The van der Waals surface area contributed by atoms with Crippen molar-refractivity contribution >= 4 is 0 Å². The molecule has 54 valence electrons. The Bertz CT molecular complexity index is 92.9. The van der Waals surface area contributed by atoms with Gasteiger partial charge in [0.15, 0.2) is 0 Å². The van der Waals surface area contributed by atoms with Gasteiger partial charge in [0.05, 0.1) is 6.10 Å². The summed E-state index contributed by atoms with van der Waals surface area (Å²) in [7, 11) is 2.07. The van der Waals surface area contributed by atoms with Crippen LogP contribution in [-0.4, -0.2) is 35.7 Å². The summed E-state index contributed by atoms with van der Waals surface area (Å²) < 4.78 is 0. The molecule has 0 aromatic carbocycles. The third-order valence-electron chi connectivity index (χ3n) is 2.13. The number of hydrogen-bond donors (Lipinski definition) is 1. The second kappa shape index (κ2) is 2.67. The van der Waals surface area contributed by atoms with Crippen LogP contribution >= 0.6 is 0 Å². The van der Waals surface area contributed by atoms with Crippen molar-refractivity contribution in [1.82, 2.24) is 4.90 Å². The minimum absolute atomic E-state index is 0.155. The van der Waals surface area contributed by atoms with Crippen LogP contribution in [0.15, 0.2) is 0 Å². The molecule has 1 unspecified atom stereocenters. The van der Waals surface area contributed by atoms with E-state index in [-0.39, 0.29) is 6.10 Å². The molecule has 0 aromatic rings. The smallest absolute Gasteiger partial charge is 0.0667 e. The van der Waals surface area contributed by atoms with Crippen LogP contribution in [0.3, 0.4) is 0 Å². The summed E-state index contributed by atoms with van der Waals surface area (Å²) in [6.45, 7) is 3.02. The zero-order valence-electron chi connectivity index (χ0n) is 6.17. The Kier molecular flexibility index (Phi) is 2.09. The predicted octanol–water partition coefficient (Wildman–Crippen LogP) is 0.461. The zero-order valence-corrected chi connectivity index (χ0v) is 6.17. The van der Waals surface area contributed by atoms with Crippen molar-refractivity contribution in [1.29, 1.82) is 0 Å². The summed E-state index contributed by atoms with van der Waals surface area (Å²) in [4.78, 5) is 2.23. The third kappa shape index (κ3) is 1.43.